The predicted molar refractivity (Wildman–Crippen MR) is 264 cm³/mol. The predicted octanol–water partition coefficient (Wildman–Crippen LogP) is 19.5. The van der Waals surface area contributed by atoms with Crippen LogP contribution in [-0.4, -0.2) is 24.5 Å². The van der Waals surface area contributed by atoms with E-state index in [1.165, 1.54) is 231 Å². The molecule has 0 amide bonds. The number of allylic oxidation sites excluding steroid dienone is 12. The molecule has 0 aliphatic rings. The summed E-state index contributed by atoms with van der Waals surface area (Å²) in [5, 5.41) is 0. The van der Waals surface area contributed by atoms with Gasteiger partial charge in [-0.25, -0.2) is 0 Å². The summed E-state index contributed by atoms with van der Waals surface area (Å²) in [4.78, 5) is 2.77. The molecule has 0 aromatic heterocycles. The fraction of sp³-hybridized carbons (Fsp3) is 0.786. The van der Waals surface area contributed by atoms with Crippen LogP contribution in [0, 0.1) is 0 Å². The largest absolute Gasteiger partial charge is 0.303 e. The van der Waals surface area contributed by atoms with Crippen molar-refractivity contribution < 1.29 is 0 Å². The van der Waals surface area contributed by atoms with Crippen molar-refractivity contribution in [3.63, 3.8) is 0 Å². The average Bonchev–Trinajstić information content (AvgIpc) is 3.22. The van der Waals surface area contributed by atoms with Crippen molar-refractivity contribution in [1.82, 2.24) is 4.90 Å². The lowest BCUT2D eigenvalue weighted by Gasteiger charge is -2.28. The first kappa shape index (κ1) is 55.4. The van der Waals surface area contributed by atoms with E-state index in [9.17, 15) is 0 Å². The summed E-state index contributed by atoms with van der Waals surface area (Å²) in [6.45, 7) is 8.14. The zero-order chi connectivity index (χ0) is 41.2. The fourth-order valence-electron chi connectivity index (χ4n) is 7.85. The molecule has 0 rings (SSSR count). The first-order chi connectivity index (χ1) is 28.3. The SMILES string of the molecule is CCCCC/C=C\C/C=C\CCCCCCCCC(CCCCCCCC/C=C\C/C=C\CCCCC)N(C)CCCCCCCC/C=C\C/C=C\CCCCC. The van der Waals surface area contributed by atoms with E-state index in [0.29, 0.717) is 0 Å². The van der Waals surface area contributed by atoms with Crippen LogP contribution in [0.1, 0.15) is 265 Å². The van der Waals surface area contributed by atoms with Crippen LogP contribution in [0.2, 0.25) is 0 Å². The lowest BCUT2D eigenvalue weighted by atomic mass is 9.98. The molecule has 0 saturated carbocycles. The van der Waals surface area contributed by atoms with Crippen LogP contribution in [0.25, 0.3) is 0 Å². The molecular weight excluding hydrogens is 687 g/mol. The second-order valence-electron chi connectivity index (χ2n) is 17.5. The minimum Gasteiger partial charge on any atom is -0.303 e. The molecule has 0 N–H and O–H groups in total. The van der Waals surface area contributed by atoms with E-state index < -0.39 is 0 Å². The Hall–Kier alpha value is -1.60. The number of rotatable bonds is 46. The van der Waals surface area contributed by atoms with Crippen molar-refractivity contribution >= 4 is 0 Å². The van der Waals surface area contributed by atoms with Crippen molar-refractivity contribution in [3.05, 3.63) is 72.9 Å². The summed E-state index contributed by atoms with van der Waals surface area (Å²) >= 11 is 0. The molecule has 1 heteroatoms. The molecule has 0 bridgehead atoms. The zero-order valence-electron chi connectivity index (χ0n) is 39.5. The lowest BCUT2D eigenvalue weighted by Crippen LogP contribution is -2.32. The highest BCUT2D eigenvalue weighted by Gasteiger charge is 2.14. The van der Waals surface area contributed by atoms with Crippen molar-refractivity contribution in [3.8, 4) is 0 Å². The standard InChI is InChI=1S/C56H103N/c1-5-8-11-14-17-20-23-26-29-32-35-38-41-44-47-50-53-56(54-51-48-45-42-39-36-33-30-27-24-21-18-15-12-9-6-2)57(4)55-52-49-46-43-40-37-34-31-28-25-22-19-16-13-10-7-3/h17-22,26-31,56H,5-16,23-25,32-55H2,1-4H3/b20-17-,21-18-,22-19-,29-26-,30-27-,31-28-. The van der Waals surface area contributed by atoms with E-state index in [4.69, 9.17) is 0 Å². The van der Waals surface area contributed by atoms with Crippen LogP contribution in [0.4, 0.5) is 0 Å². The second-order valence-corrected chi connectivity index (χ2v) is 17.5. The van der Waals surface area contributed by atoms with Crippen molar-refractivity contribution in [2.75, 3.05) is 13.6 Å². The molecule has 57 heavy (non-hydrogen) atoms. The molecule has 1 nitrogen and oxygen atoms in total. The molecule has 0 radical (unpaired) electrons. The molecule has 0 aliphatic heterocycles. The Morgan fingerprint density at radius 1 is 0.281 bits per heavy atom. The topological polar surface area (TPSA) is 3.24 Å². The number of hydrogen-bond acceptors (Lipinski definition) is 1. The third-order valence-corrected chi connectivity index (χ3v) is 11.8. The Kier molecular flexibility index (Phi) is 49.1. The van der Waals surface area contributed by atoms with E-state index in [1.807, 2.05) is 0 Å². The van der Waals surface area contributed by atoms with Gasteiger partial charge in [-0.3, -0.25) is 0 Å². The molecule has 0 saturated heterocycles. The van der Waals surface area contributed by atoms with Gasteiger partial charge in [0.2, 0.25) is 0 Å². The van der Waals surface area contributed by atoms with Crippen LogP contribution < -0.4 is 0 Å². The van der Waals surface area contributed by atoms with Gasteiger partial charge in [0.05, 0.1) is 0 Å². The first-order valence-electron chi connectivity index (χ1n) is 25.9. The van der Waals surface area contributed by atoms with E-state index in [-0.39, 0.29) is 0 Å². The minimum absolute atomic E-state index is 0.791. The number of nitrogens with zero attached hydrogens (tertiary/aromatic N) is 1. The molecular formula is C56H103N. The Labute approximate surface area is 360 Å². The second kappa shape index (κ2) is 50.5. The number of unbranched alkanes of at least 4 members (excludes halogenated alkanes) is 27. The molecule has 0 aromatic rings. The Morgan fingerprint density at radius 3 is 0.825 bits per heavy atom. The van der Waals surface area contributed by atoms with Gasteiger partial charge in [-0.1, -0.05) is 222 Å². The third-order valence-electron chi connectivity index (χ3n) is 11.8. The van der Waals surface area contributed by atoms with Crippen molar-refractivity contribution in [1.29, 1.82) is 0 Å². The number of hydrogen-bond donors (Lipinski definition) is 0. The van der Waals surface area contributed by atoms with Crippen molar-refractivity contribution in [2.24, 2.45) is 0 Å². The normalized spacial score (nSPS) is 12.7. The summed E-state index contributed by atoms with van der Waals surface area (Å²) in [6, 6.07) is 0.791. The lowest BCUT2D eigenvalue weighted by molar-refractivity contribution is 0.205. The molecule has 0 aromatic carbocycles. The van der Waals surface area contributed by atoms with Gasteiger partial charge in [0.1, 0.15) is 0 Å². The van der Waals surface area contributed by atoms with Crippen LogP contribution in [0.5, 0.6) is 0 Å². The van der Waals surface area contributed by atoms with Gasteiger partial charge < -0.3 is 4.90 Å². The van der Waals surface area contributed by atoms with Crippen LogP contribution >= 0.6 is 0 Å². The molecule has 0 atom stereocenters. The van der Waals surface area contributed by atoms with Crippen molar-refractivity contribution in [2.45, 2.75) is 271 Å². The van der Waals surface area contributed by atoms with Crippen LogP contribution in [0.15, 0.2) is 72.9 Å². The smallest absolute Gasteiger partial charge is 0.00922 e. The third kappa shape index (κ3) is 47.0. The molecule has 332 valence electrons. The van der Waals surface area contributed by atoms with E-state index in [0.717, 1.165) is 25.3 Å². The summed E-state index contributed by atoms with van der Waals surface area (Å²) in [5.74, 6) is 0. The highest BCUT2D eigenvalue weighted by Crippen LogP contribution is 2.20. The van der Waals surface area contributed by atoms with Gasteiger partial charge in [-0.2, -0.15) is 0 Å². The van der Waals surface area contributed by atoms with Gasteiger partial charge in [-0.05, 0) is 129 Å². The monoisotopic (exact) mass is 790 g/mol. The Balaban J connectivity index is 4.25. The van der Waals surface area contributed by atoms with Gasteiger partial charge >= 0.3 is 0 Å². The maximum Gasteiger partial charge on any atom is 0.00922 e. The summed E-state index contributed by atoms with van der Waals surface area (Å²) in [5.41, 5.74) is 0. The van der Waals surface area contributed by atoms with Gasteiger partial charge in [-0.15, -0.1) is 0 Å². The molecule has 0 aliphatic carbocycles. The minimum atomic E-state index is 0.791. The van der Waals surface area contributed by atoms with E-state index in [2.05, 4.69) is 106 Å². The Morgan fingerprint density at radius 2 is 0.526 bits per heavy atom. The molecule has 0 heterocycles. The molecule has 0 fully saturated rings. The first-order valence-corrected chi connectivity index (χ1v) is 25.9. The van der Waals surface area contributed by atoms with Gasteiger partial charge in [0, 0.05) is 6.04 Å². The zero-order valence-corrected chi connectivity index (χ0v) is 39.5. The quantitative estimate of drug-likeness (QED) is 0.0439. The molecule has 0 spiro atoms. The summed E-state index contributed by atoms with van der Waals surface area (Å²) in [6.07, 6.45) is 79.7. The van der Waals surface area contributed by atoms with Gasteiger partial charge in [0.15, 0.2) is 0 Å². The highest BCUT2D eigenvalue weighted by atomic mass is 15.1. The average molecular weight is 790 g/mol. The maximum absolute atomic E-state index is 2.77. The van der Waals surface area contributed by atoms with Crippen LogP contribution in [-0.2, 0) is 0 Å². The summed E-state index contributed by atoms with van der Waals surface area (Å²) < 4.78 is 0. The Bertz CT molecular complexity index is 870. The fourth-order valence-corrected chi connectivity index (χ4v) is 7.85. The van der Waals surface area contributed by atoms with E-state index in [1.54, 1.807) is 0 Å². The van der Waals surface area contributed by atoms with E-state index >= 15 is 0 Å². The maximum atomic E-state index is 2.77. The summed E-state index contributed by atoms with van der Waals surface area (Å²) in [7, 11) is 2.45. The highest BCUT2D eigenvalue weighted by molar-refractivity contribution is 4.94. The molecule has 0 unspecified atom stereocenters. The van der Waals surface area contributed by atoms with Gasteiger partial charge in [0.25, 0.3) is 0 Å². The van der Waals surface area contributed by atoms with Crippen LogP contribution in [0.3, 0.4) is 0 Å².